The Bertz CT molecular complexity index is 533. The number of carboxylic acid groups (broad SMARTS) is 1. The van der Waals surface area contributed by atoms with Crippen LogP contribution in [-0.4, -0.2) is 22.2 Å². The Morgan fingerprint density at radius 2 is 1.88 bits per heavy atom. The van der Waals surface area contributed by atoms with Crippen LogP contribution in [0.5, 0.6) is 0 Å². The van der Waals surface area contributed by atoms with Crippen LogP contribution in [0.3, 0.4) is 0 Å². The number of hydrogen-bond donors (Lipinski definition) is 2. The van der Waals surface area contributed by atoms with Crippen molar-refractivity contribution in [3.8, 4) is 0 Å². The van der Waals surface area contributed by atoms with Crippen LogP contribution in [0.25, 0.3) is 6.08 Å². The van der Waals surface area contributed by atoms with Crippen molar-refractivity contribution in [2.75, 3.05) is 0 Å². The number of thioether (sulfide) groups is 1. The average Bonchev–Trinajstić information content (AvgIpc) is 2.58. The predicted molar refractivity (Wildman–Crippen MR) is 62.5 cm³/mol. The summed E-state index contributed by atoms with van der Waals surface area (Å²) < 4.78 is 0. The van der Waals surface area contributed by atoms with Gasteiger partial charge in [0.15, 0.2) is 0 Å². The Kier molecular flexibility index (Phi) is 2.97. The van der Waals surface area contributed by atoms with Gasteiger partial charge in [0.05, 0.1) is 10.5 Å². The Balaban J connectivity index is 2.24. The molecule has 1 aromatic rings. The molecule has 0 bridgehead atoms. The first kappa shape index (κ1) is 11.4. The number of amides is 2. The summed E-state index contributed by atoms with van der Waals surface area (Å²) in [5.74, 6) is -1.44. The maximum absolute atomic E-state index is 11.2. The average molecular weight is 249 g/mol. The smallest absolute Gasteiger partial charge is 0.335 e. The molecule has 0 aliphatic carbocycles. The van der Waals surface area contributed by atoms with Gasteiger partial charge in [-0.3, -0.25) is 14.9 Å². The van der Waals surface area contributed by atoms with E-state index in [-0.39, 0.29) is 5.56 Å². The SMILES string of the molecule is O=C1NC(=O)C(=Cc2ccc(C(=O)O)cc2)S1. The number of carboxylic acids is 1. The van der Waals surface area contributed by atoms with Gasteiger partial charge in [-0.05, 0) is 35.5 Å². The molecule has 0 atom stereocenters. The summed E-state index contributed by atoms with van der Waals surface area (Å²) in [6.07, 6.45) is 1.54. The molecule has 0 spiro atoms. The van der Waals surface area contributed by atoms with Crippen LogP contribution in [0.1, 0.15) is 15.9 Å². The summed E-state index contributed by atoms with van der Waals surface area (Å²) in [5, 5.41) is 10.4. The zero-order chi connectivity index (χ0) is 12.4. The summed E-state index contributed by atoms with van der Waals surface area (Å²) in [4.78, 5) is 33.1. The molecule has 6 heteroatoms. The fourth-order valence-corrected chi connectivity index (χ4v) is 1.98. The second-order valence-electron chi connectivity index (χ2n) is 3.28. The Hall–Kier alpha value is -2.08. The molecule has 2 amide bonds. The fourth-order valence-electron chi connectivity index (χ4n) is 1.29. The molecule has 5 nitrogen and oxygen atoms in total. The van der Waals surface area contributed by atoms with Gasteiger partial charge in [-0.2, -0.15) is 0 Å². The normalized spacial score (nSPS) is 17.3. The van der Waals surface area contributed by atoms with E-state index in [0.29, 0.717) is 10.5 Å². The van der Waals surface area contributed by atoms with E-state index < -0.39 is 17.1 Å². The lowest BCUT2D eigenvalue weighted by Gasteiger charge is -1.96. The molecule has 1 heterocycles. The minimum absolute atomic E-state index is 0.173. The molecular weight excluding hydrogens is 242 g/mol. The molecular formula is C11H7NO4S. The number of carbonyl (C=O) groups is 3. The van der Waals surface area contributed by atoms with Gasteiger partial charge >= 0.3 is 5.97 Å². The van der Waals surface area contributed by atoms with Gasteiger partial charge in [-0.1, -0.05) is 12.1 Å². The van der Waals surface area contributed by atoms with Crippen LogP contribution >= 0.6 is 11.8 Å². The number of carbonyl (C=O) groups excluding carboxylic acids is 2. The van der Waals surface area contributed by atoms with E-state index in [0.717, 1.165) is 11.8 Å². The first-order chi connectivity index (χ1) is 8.06. The lowest BCUT2D eigenvalue weighted by Crippen LogP contribution is -2.17. The van der Waals surface area contributed by atoms with Crippen LogP contribution in [0.4, 0.5) is 4.79 Å². The molecule has 1 saturated heterocycles. The molecule has 1 aliphatic rings. The summed E-state index contributed by atoms with van der Waals surface area (Å²) >= 11 is 0.824. The minimum Gasteiger partial charge on any atom is -0.478 e. The van der Waals surface area contributed by atoms with Gasteiger partial charge in [-0.25, -0.2) is 4.79 Å². The van der Waals surface area contributed by atoms with Gasteiger partial charge in [-0.15, -0.1) is 0 Å². The summed E-state index contributed by atoms with van der Waals surface area (Å²) in [6.45, 7) is 0. The number of nitrogens with one attached hydrogen (secondary N) is 1. The molecule has 0 saturated carbocycles. The van der Waals surface area contributed by atoms with Crippen molar-refractivity contribution in [3.63, 3.8) is 0 Å². The lowest BCUT2D eigenvalue weighted by atomic mass is 10.1. The van der Waals surface area contributed by atoms with E-state index in [1.165, 1.54) is 18.2 Å². The second-order valence-corrected chi connectivity index (χ2v) is 4.29. The maximum Gasteiger partial charge on any atom is 0.335 e. The van der Waals surface area contributed by atoms with E-state index in [4.69, 9.17) is 5.11 Å². The van der Waals surface area contributed by atoms with Crippen LogP contribution in [0.2, 0.25) is 0 Å². The second kappa shape index (κ2) is 4.42. The fraction of sp³-hybridized carbons (Fsp3) is 0. The first-order valence-corrected chi connectivity index (χ1v) is 5.46. The third-order valence-electron chi connectivity index (χ3n) is 2.10. The summed E-state index contributed by atoms with van der Waals surface area (Å²) in [7, 11) is 0. The molecule has 2 rings (SSSR count). The van der Waals surface area contributed by atoms with Gasteiger partial charge in [0, 0.05) is 0 Å². The van der Waals surface area contributed by atoms with Crippen molar-refractivity contribution in [3.05, 3.63) is 40.3 Å². The van der Waals surface area contributed by atoms with Crippen LogP contribution in [0.15, 0.2) is 29.2 Å². The highest BCUT2D eigenvalue weighted by Crippen LogP contribution is 2.25. The van der Waals surface area contributed by atoms with Gasteiger partial charge in [0.2, 0.25) is 0 Å². The molecule has 2 N–H and O–H groups in total. The van der Waals surface area contributed by atoms with Gasteiger partial charge in [0.1, 0.15) is 0 Å². The van der Waals surface area contributed by atoms with E-state index in [1.54, 1.807) is 12.1 Å². The minimum atomic E-state index is -1.01. The van der Waals surface area contributed by atoms with E-state index >= 15 is 0 Å². The standard InChI is InChI=1S/C11H7NO4S/c13-9-8(17-11(16)12-9)5-6-1-3-7(4-2-6)10(14)15/h1-5H,(H,14,15)(H,12,13,16). The molecule has 0 aromatic heterocycles. The highest BCUT2D eigenvalue weighted by Gasteiger charge is 2.24. The first-order valence-electron chi connectivity index (χ1n) is 4.64. The van der Waals surface area contributed by atoms with Crippen LogP contribution in [-0.2, 0) is 4.79 Å². The quantitative estimate of drug-likeness (QED) is 0.779. The number of rotatable bonds is 2. The Morgan fingerprint density at radius 1 is 1.24 bits per heavy atom. The molecule has 0 unspecified atom stereocenters. The molecule has 1 fully saturated rings. The highest BCUT2D eigenvalue weighted by molar-refractivity contribution is 8.18. The predicted octanol–water partition coefficient (Wildman–Crippen LogP) is 1.71. The number of imide groups is 1. The zero-order valence-electron chi connectivity index (χ0n) is 8.47. The van der Waals surface area contributed by atoms with Crippen molar-refractivity contribution < 1.29 is 19.5 Å². The van der Waals surface area contributed by atoms with Crippen molar-refractivity contribution in [2.24, 2.45) is 0 Å². The number of benzene rings is 1. The molecule has 17 heavy (non-hydrogen) atoms. The largest absolute Gasteiger partial charge is 0.478 e. The number of aromatic carboxylic acids is 1. The maximum atomic E-state index is 11.2. The Labute approximate surface area is 101 Å². The molecule has 86 valence electrons. The molecule has 1 aliphatic heterocycles. The van der Waals surface area contributed by atoms with Crippen molar-refractivity contribution in [1.29, 1.82) is 0 Å². The zero-order valence-corrected chi connectivity index (χ0v) is 9.28. The van der Waals surface area contributed by atoms with Crippen molar-refractivity contribution >= 4 is 35.0 Å². The van der Waals surface area contributed by atoms with E-state index in [1.807, 2.05) is 0 Å². The summed E-state index contributed by atoms with van der Waals surface area (Å²) in [5.41, 5.74) is 0.842. The third-order valence-corrected chi connectivity index (χ3v) is 2.91. The van der Waals surface area contributed by atoms with Crippen molar-refractivity contribution in [1.82, 2.24) is 5.32 Å². The number of hydrogen-bond acceptors (Lipinski definition) is 4. The van der Waals surface area contributed by atoms with Gasteiger partial charge in [0.25, 0.3) is 11.1 Å². The Morgan fingerprint density at radius 3 is 2.35 bits per heavy atom. The summed E-state index contributed by atoms with van der Waals surface area (Å²) in [6, 6.07) is 6.03. The third kappa shape index (κ3) is 2.54. The molecule has 0 radical (unpaired) electrons. The van der Waals surface area contributed by atoms with Crippen molar-refractivity contribution in [2.45, 2.75) is 0 Å². The monoisotopic (exact) mass is 249 g/mol. The van der Waals surface area contributed by atoms with Crippen LogP contribution in [0, 0.1) is 0 Å². The topological polar surface area (TPSA) is 83.5 Å². The molecule has 1 aromatic carbocycles. The van der Waals surface area contributed by atoms with Crippen LogP contribution < -0.4 is 5.32 Å². The van der Waals surface area contributed by atoms with E-state index in [9.17, 15) is 14.4 Å². The lowest BCUT2D eigenvalue weighted by molar-refractivity contribution is -0.115. The highest BCUT2D eigenvalue weighted by atomic mass is 32.2. The van der Waals surface area contributed by atoms with E-state index in [2.05, 4.69) is 5.32 Å². The van der Waals surface area contributed by atoms with Gasteiger partial charge < -0.3 is 5.11 Å².